The van der Waals surface area contributed by atoms with E-state index >= 15 is 0 Å². The van der Waals surface area contributed by atoms with Gasteiger partial charge in [-0.25, -0.2) is 0 Å². The fourth-order valence-electron chi connectivity index (χ4n) is 10.3. The highest BCUT2D eigenvalue weighted by atomic mass is 16.7. The summed E-state index contributed by atoms with van der Waals surface area (Å²) in [6.07, 6.45) is 14.4. The van der Waals surface area contributed by atoms with Crippen LogP contribution in [-0.2, 0) is 9.47 Å². The summed E-state index contributed by atoms with van der Waals surface area (Å²) in [6.45, 7) is 12.5. The van der Waals surface area contributed by atoms with Crippen LogP contribution in [0.2, 0.25) is 0 Å². The zero-order chi connectivity index (χ0) is 22.9. The van der Waals surface area contributed by atoms with Crippen LogP contribution in [-0.4, -0.2) is 29.7 Å². The van der Waals surface area contributed by atoms with Gasteiger partial charge in [-0.1, -0.05) is 53.9 Å². The molecule has 3 nitrogen and oxygen atoms in total. The first-order valence-electron chi connectivity index (χ1n) is 14.0. The Labute approximate surface area is 197 Å². The molecule has 5 aliphatic rings. The van der Waals surface area contributed by atoms with E-state index in [4.69, 9.17) is 9.47 Å². The maximum absolute atomic E-state index is 11.3. The van der Waals surface area contributed by atoms with Crippen LogP contribution in [0.15, 0.2) is 0 Å². The lowest BCUT2D eigenvalue weighted by molar-refractivity contribution is -0.331. The molecule has 2 saturated heterocycles. The zero-order valence-electron chi connectivity index (χ0n) is 21.8. The van der Waals surface area contributed by atoms with E-state index in [1.54, 1.807) is 7.11 Å². The summed E-state index contributed by atoms with van der Waals surface area (Å²) in [4.78, 5) is 0. The molecule has 10 atom stereocenters. The van der Waals surface area contributed by atoms with Gasteiger partial charge in [0.05, 0.1) is 6.10 Å². The summed E-state index contributed by atoms with van der Waals surface area (Å²) in [7, 11) is 1.77. The van der Waals surface area contributed by atoms with Crippen molar-refractivity contribution in [1.82, 2.24) is 0 Å². The molecular weight excluding hydrogens is 396 g/mol. The molecule has 3 heteroatoms. The number of methoxy groups -OCH3 is 1. The summed E-state index contributed by atoms with van der Waals surface area (Å²) in [5.74, 6) is 4.48. The van der Waals surface area contributed by atoms with Crippen LogP contribution in [0.25, 0.3) is 0 Å². The van der Waals surface area contributed by atoms with E-state index in [9.17, 15) is 5.11 Å². The van der Waals surface area contributed by atoms with E-state index in [0.717, 1.165) is 48.9 Å². The Kier molecular flexibility index (Phi) is 5.87. The summed E-state index contributed by atoms with van der Waals surface area (Å²) in [6, 6.07) is 0. The Morgan fingerprint density at radius 1 is 0.938 bits per heavy atom. The average Bonchev–Trinajstić information content (AvgIpc) is 3.22. The molecule has 5 fully saturated rings. The average molecular weight is 447 g/mol. The minimum Gasteiger partial charge on any atom is -0.390 e. The lowest BCUT2D eigenvalue weighted by Crippen LogP contribution is -2.65. The van der Waals surface area contributed by atoms with Crippen molar-refractivity contribution in [1.29, 1.82) is 0 Å². The minimum atomic E-state index is -0.529. The molecule has 2 heterocycles. The van der Waals surface area contributed by atoms with Gasteiger partial charge in [-0.05, 0) is 85.9 Å². The smallest absolute Gasteiger partial charge is 0.171 e. The van der Waals surface area contributed by atoms with E-state index in [0.29, 0.717) is 17.8 Å². The molecule has 0 aromatic rings. The fraction of sp³-hybridized carbons (Fsp3) is 1.00. The van der Waals surface area contributed by atoms with Crippen LogP contribution in [0.3, 0.4) is 0 Å². The Balaban J connectivity index is 1.35. The number of aliphatic hydroxyl groups is 1. The van der Waals surface area contributed by atoms with E-state index in [2.05, 4.69) is 34.6 Å². The molecule has 0 amide bonds. The van der Waals surface area contributed by atoms with Gasteiger partial charge in [-0.15, -0.1) is 0 Å². The molecule has 2 aliphatic heterocycles. The molecule has 3 aliphatic carbocycles. The SMILES string of the molecule is CO[C@@]12CC[C@]3(C)[C@H]4CC[C@]5(C)[C@@H]([C@H](C)CCCC(C)C)CC[C@H]5[C@@H]4CC[C@]3(O1)[C@H](O)C2. The number of aliphatic hydroxyl groups excluding tert-OH is 1. The topological polar surface area (TPSA) is 38.7 Å². The van der Waals surface area contributed by atoms with Gasteiger partial charge < -0.3 is 14.6 Å². The predicted molar refractivity (Wildman–Crippen MR) is 129 cm³/mol. The van der Waals surface area contributed by atoms with Crippen LogP contribution in [0.1, 0.15) is 112 Å². The Bertz CT molecular complexity index is 707. The van der Waals surface area contributed by atoms with Crippen molar-refractivity contribution < 1.29 is 14.6 Å². The first-order valence-corrected chi connectivity index (χ1v) is 14.0. The maximum Gasteiger partial charge on any atom is 0.171 e. The zero-order valence-corrected chi connectivity index (χ0v) is 21.8. The second-order valence-electron chi connectivity index (χ2n) is 13.7. The van der Waals surface area contributed by atoms with Crippen molar-refractivity contribution >= 4 is 0 Å². The molecule has 0 radical (unpaired) electrons. The quantitative estimate of drug-likeness (QED) is 0.479. The molecule has 0 unspecified atom stereocenters. The fourth-order valence-corrected chi connectivity index (χ4v) is 10.3. The van der Waals surface area contributed by atoms with Crippen LogP contribution in [0.4, 0.5) is 0 Å². The van der Waals surface area contributed by atoms with E-state index in [-0.39, 0.29) is 17.1 Å². The van der Waals surface area contributed by atoms with E-state index in [1.165, 1.54) is 51.4 Å². The number of rotatable bonds is 6. The van der Waals surface area contributed by atoms with Gasteiger partial charge in [0.15, 0.2) is 5.79 Å². The van der Waals surface area contributed by atoms with Gasteiger partial charge in [-0.3, -0.25) is 0 Å². The Morgan fingerprint density at radius 2 is 1.72 bits per heavy atom. The second-order valence-corrected chi connectivity index (χ2v) is 13.7. The monoisotopic (exact) mass is 446 g/mol. The molecule has 3 saturated carbocycles. The van der Waals surface area contributed by atoms with E-state index in [1.807, 2.05) is 0 Å². The van der Waals surface area contributed by atoms with Crippen LogP contribution < -0.4 is 0 Å². The van der Waals surface area contributed by atoms with Crippen LogP contribution in [0.5, 0.6) is 0 Å². The lowest BCUT2D eigenvalue weighted by Gasteiger charge is -2.65. The largest absolute Gasteiger partial charge is 0.390 e. The van der Waals surface area contributed by atoms with Gasteiger partial charge >= 0.3 is 0 Å². The molecule has 0 aromatic carbocycles. The highest BCUT2D eigenvalue weighted by Gasteiger charge is 2.73. The van der Waals surface area contributed by atoms with Crippen molar-refractivity contribution in [3.05, 3.63) is 0 Å². The summed E-state index contributed by atoms with van der Waals surface area (Å²) in [5.41, 5.74) is 0.244. The third-order valence-corrected chi connectivity index (χ3v) is 12.1. The first-order chi connectivity index (χ1) is 15.1. The van der Waals surface area contributed by atoms with Crippen molar-refractivity contribution in [3.8, 4) is 0 Å². The summed E-state index contributed by atoms with van der Waals surface area (Å²) < 4.78 is 12.6. The van der Waals surface area contributed by atoms with Crippen LogP contribution in [0, 0.1) is 46.3 Å². The number of ether oxygens (including phenoxy) is 2. The lowest BCUT2D eigenvalue weighted by atomic mass is 9.44. The van der Waals surface area contributed by atoms with Crippen molar-refractivity contribution in [2.24, 2.45) is 46.3 Å². The third-order valence-electron chi connectivity index (χ3n) is 12.1. The maximum atomic E-state index is 11.3. The van der Waals surface area contributed by atoms with Gasteiger partial charge in [0.25, 0.3) is 0 Å². The molecule has 1 spiro atoms. The minimum absolute atomic E-state index is 0.0934. The molecule has 32 heavy (non-hydrogen) atoms. The van der Waals surface area contributed by atoms with Crippen molar-refractivity contribution in [3.63, 3.8) is 0 Å². The van der Waals surface area contributed by atoms with Gasteiger partial charge in [0, 0.05) is 25.4 Å². The second kappa shape index (κ2) is 7.95. The van der Waals surface area contributed by atoms with Crippen LogP contribution >= 0.6 is 0 Å². The molecule has 0 aromatic heterocycles. The van der Waals surface area contributed by atoms with Crippen molar-refractivity contribution in [2.75, 3.05) is 7.11 Å². The number of hydrogen-bond donors (Lipinski definition) is 1. The highest BCUT2D eigenvalue weighted by molar-refractivity contribution is 5.20. The standard InChI is InChI=1S/C29H50O3/c1-19(2)8-7-9-20(3)22-10-11-23-21-12-15-29-25(30)18-28(31-6,32-29)17-16-27(29,5)24(21)13-14-26(22,23)4/h19-25,30H,7-18H2,1-6H3/t20-,21+,22-,23+,24+,25-,26-,27-,28+,29+/m1/s1. The molecule has 5 rings (SSSR count). The first kappa shape index (κ1) is 23.6. The summed E-state index contributed by atoms with van der Waals surface area (Å²) in [5, 5.41) is 11.3. The summed E-state index contributed by atoms with van der Waals surface area (Å²) >= 11 is 0. The van der Waals surface area contributed by atoms with Crippen molar-refractivity contribution in [2.45, 2.75) is 129 Å². The van der Waals surface area contributed by atoms with Gasteiger partial charge in [0.1, 0.15) is 5.60 Å². The van der Waals surface area contributed by atoms with E-state index < -0.39 is 5.79 Å². The molecule has 2 bridgehead atoms. The predicted octanol–water partition coefficient (Wildman–Crippen LogP) is 6.96. The molecule has 1 N–H and O–H groups in total. The molecule has 184 valence electrons. The van der Waals surface area contributed by atoms with Gasteiger partial charge in [0.2, 0.25) is 0 Å². The normalized spacial score (nSPS) is 53.1. The Morgan fingerprint density at radius 3 is 2.44 bits per heavy atom. The highest BCUT2D eigenvalue weighted by Crippen LogP contribution is 2.72. The molecular formula is C29H50O3. The third kappa shape index (κ3) is 3.15. The number of hydrogen-bond acceptors (Lipinski definition) is 3. The number of fused-ring (bicyclic) bond motifs is 5. The Hall–Kier alpha value is -0.120. The van der Waals surface area contributed by atoms with Gasteiger partial charge in [-0.2, -0.15) is 0 Å².